The van der Waals surface area contributed by atoms with E-state index in [4.69, 9.17) is 16.2 Å². The van der Waals surface area contributed by atoms with E-state index in [2.05, 4.69) is 25.6 Å². The van der Waals surface area contributed by atoms with Gasteiger partial charge in [0.2, 0.25) is 5.91 Å². The van der Waals surface area contributed by atoms with Gasteiger partial charge in [-0.25, -0.2) is 9.97 Å². The fourth-order valence-electron chi connectivity index (χ4n) is 3.34. The number of nitrogens with one attached hydrogen (secondary N) is 3. The second kappa shape index (κ2) is 6.31. The number of amides is 2. The molecule has 1 atom stereocenters. The Morgan fingerprint density at radius 1 is 1.37 bits per heavy atom. The van der Waals surface area contributed by atoms with E-state index in [-0.39, 0.29) is 23.5 Å². The van der Waals surface area contributed by atoms with Crippen LogP contribution in [0.2, 0.25) is 0 Å². The van der Waals surface area contributed by atoms with Gasteiger partial charge in [0.1, 0.15) is 17.1 Å². The average Bonchev–Trinajstić information content (AvgIpc) is 3.22. The minimum absolute atomic E-state index is 0.0312. The summed E-state index contributed by atoms with van der Waals surface area (Å²) in [5.74, 6) is 0.568. The van der Waals surface area contributed by atoms with E-state index < -0.39 is 5.91 Å². The van der Waals surface area contributed by atoms with Gasteiger partial charge in [0, 0.05) is 29.8 Å². The summed E-state index contributed by atoms with van der Waals surface area (Å²) in [5.41, 5.74) is 12.5. The quantitative estimate of drug-likeness (QED) is 0.437. The number of imidazole rings is 1. The van der Waals surface area contributed by atoms with E-state index >= 15 is 0 Å². The van der Waals surface area contributed by atoms with Gasteiger partial charge in [-0.15, -0.1) is 0 Å². The number of pyridine rings is 1. The van der Waals surface area contributed by atoms with E-state index in [0.717, 1.165) is 6.42 Å². The molecule has 3 aromatic rings. The summed E-state index contributed by atoms with van der Waals surface area (Å²) in [6, 6.07) is 3.36. The van der Waals surface area contributed by atoms with Crippen LogP contribution in [0.1, 0.15) is 23.2 Å². The van der Waals surface area contributed by atoms with Crippen LogP contribution in [-0.4, -0.2) is 46.5 Å². The first kappa shape index (κ1) is 16.9. The number of nitrogen functional groups attached to an aromatic ring is 1. The summed E-state index contributed by atoms with van der Waals surface area (Å²) < 4.78 is 5.31. The molecule has 27 heavy (non-hydrogen) atoms. The molecule has 1 aliphatic rings. The average molecular weight is 369 g/mol. The fraction of sp³-hybridized carbons (Fsp3) is 0.294. The number of fused-ring (bicyclic) bond motifs is 3. The topological polar surface area (TPSA) is 161 Å². The number of methoxy groups -OCH3 is 1. The lowest BCUT2D eigenvalue weighted by Gasteiger charge is -2.15. The number of aromatic nitrogens is 3. The molecular formula is C17H19N7O3. The van der Waals surface area contributed by atoms with E-state index in [1.54, 1.807) is 12.1 Å². The predicted molar refractivity (Wildman–Crippen MR) is 101 cm³/mol. The van der Waals surface area contributed by atoms with Crippen molar-refractivity contribution in [1.29, 1.82) is 0 Å². The van der Waals surface area contributed by atoms with Crippen molar-refractivity contribution in [2.75, 3.05) is 24.7 Å². The normalized spacial score (nSPS) is 16.6. The molecule has 0 aliphatic carbocycles. The molecule has 2 aromatic heterocycles. The number of benzene rings is 1. The number of nitrogens with two attached hydrogens (primary N) is 2. The Hall–Kier alpha value is -3.56. The maximum atomic E-state index is 11.8. The van der Waals surface area contributed by atoms with Crippen molar-refractivity contribution in [2.45, 2.75) is 18.9 Å². The van der Waals surface area contributed by atoms with Crippen LogP contribution >= 0.6 is 0 Å². The third-order valence-corrected chi connectivity index (χ3v) is 4.64. The van der Waals surface area contributed by atoms with Gasteiger partial charge in [-0.2, -0.15) is 0 Å². The third kappa shape index (κ3) is 2.94. The summed E-state index contributed by atoms with van der Waals surface area (Å²) >= 11 is 0. The Morgan fingerprint density at radius 2 is 2.19 bits per heavy atom. The lowest BCUT2D eigenvalue weighted by atomic mass is 10.1. The molecule has 1 aromatic carbocycles. The number of primary amides is 1. The van der Waals surface area contributed by atoms with Crippen LogP contribution in [0, 0.1) is 0 Å². The molecule has 0 radical (unpaired) electrons. The van der Waals surface area contributed by atoms with E-state index in [1.807, 2.05) is 0 Å². The smallest absolute Gasteiger partial charge is 0.252 e. The summed E-state index contributed by atoms with van der Waals surface area (Å²) in [4.78, 5) is 34.9. The van der Waals surface area contributed by atoms with E-state index in [1.165, 1.54) is 7.11 Å². The van der Waals surface area contributed by atoms with Crippen LogP contribution < -0.4 is 26.8 Å². The number of hydrogen-bond donors (Lipinski definition) is 5. The zero-order valence-electron chi connectivity index (χ0n) is 14.6. The maximum Gasteiger partial charge on any atom is 0.252 e. The molecule has 10 nitrogen and oxygen atoms in total. The molecule has 10 heteroatoms. The summed E-state index contributed by atoms with van der Waals surface area (Å²) in [6.45, 7) is 0.517. The number of anilines is 2. The van der Waals surface area contributed by atoms with Crippen molar-refractivity contribution in [1.82, 2.24) is 20.3 Å². The summed E-state index contributed by atoms with van der Waals surface area (Å²) in [5, 5.41) is 7.55. The maximum absolute atomic E-state index is 11.8. The van der Waals surface area contributed by atoms with Crippen LogP contribution in [0.4, 0.5) is 11.8 Å². The van der Waals surface area contributed by atoms with Gasteiger partial charge in [0.05, 0.1) is 12.7 Å². The largest absolute Gasteiger partial charge is 0.496 e. The standard InChI is InChI=1S/C17H19N7O3/c1-27-11-5-9-8(4-10(11)14(18)26)13-16(24-17(19)22-13)23-15(9)20-6-7-2-3-12(25)21-7/h4-5,7H,2-3,6H2,1H3,(H2,18,26)(H,21,25)(H4,19,20,22,23,24). The molecule has 0 spiro atoms. The van der Waals surface area contributed by atoms with Crippen LogP contribution in [0.5, 0.6) is 5.75 Å². The van der Waals surface area contributed by atoms with Gasteiger partial charge in [-0.05, 0) is 18.6 Å². The second-order valence-corrected chi connectivity index (χ2v) is 6.43. The van der Waals surface area contributed by atoms with Crippen LogP contribution in [-0.2, 0) is 4.79 Å². The molecule has 3 heterocycles. The van der Waals surface area contributed by atoms with E-state index in [9.17, 15) is 9.59 Å². The van der Waals surface area contributed by atoms with Crippen LogP contribution in [0.25, 0.3) is 21.9 Å². The SMILES string of the molecule is COc1cc2c(NCC3CCC(=O)N3)nc3[nH]c(N)nc3c2cc1C(N)=O. The molecule has 2 amide bonds. The number of carbonyl (C=O) groups is 2. The number of ether oxygens (including phenoxy) is 1. The molecule has 1 unspecified atom stereocenters. The highest BCUT2D eigenvalue weighted by atomic mass is 16.5. The second-order valence-electron chi connectivity index (χ2n) is 6.43. The highest BCUT2D eigenvalue weighted by Gasteiger charge is 2.22. The fourth-order valence-corrected chi connectivity index (χ4v) is 3.34. The monoisotopic (exact) mass is 369 g/mol. The Balaban J connectivity index is 1.85. The Kier molecular flexibility index (Phi) is 3.94. The van der Waals surface area contributed by atoms with Gasteiger partial charge in [0.15, 0.2) is 11.6 Å². The third-order valence-electron chi connectivity index (χ3n) is 4.64. The lowest BCUT2D eigenvalue weighted by Crippen LogP contribution is -2.32. The highest BCUT2D eigenvalue weighted by molar-refractivity contribution is 6.12. The Morgan fingerprint density at radius 3 is 2.85 bits per heavy atom. The molecule has 4 rings (SSSR count). The summed E-state index contributed by atoms with van der Waals surface area (Å²) in [6.07, 6.45) is 1.28. The zero-order valence-corrected chi connectivity index (χ0v) is 14.6. The minimum atomic E-state index is -0.606. The first-order chi connectivity index (χ1) is 13.0. The van der Waals surface area contributed by atoms with Crippen molar-refractivity contribution in [3.05, 3.63) is 17.7 Å². The molecule has 7 N–H and O–H groups in total. The molecule has 1 aliphatic heterocycles. The Labute approximate surface area is 153 Å². The number of nitrogens with zero attached hydrogens (tertiary/aromatic N) is 2. The van der Waals surface area contributed by atoms with Crippen molar-refractivity contribution in [3.8, 4) is 5.75 Å². The van der Waals surface area contributed by atoms with E-state index in [0.29, 0.717) is 46.5 Å². The first-order valence-electron chi connectivity index (χ1n) is 8.46. The molecule has 140 valence electrons. The molecule has 0 saturated carbocycles. The van der Waals surface area contributed by atoms with Crippen molar-refractivity contribution < 1.29 is 14.3 Å². The Bertz CT molecular complexity index is 1080. The van der Waals surface area contributed by atoms with Gasteiger partial charge in [-0.1, -0.05) is 0 Å². The zero-order chi connectivity index (χ0) is 19.1. The lowest BCUT2D eigenvalue weighted by molar-refractivity contribution is -0.119. The van der Waals surface area contributed by atoms with Crippen molar-refractivity contribution >= 4 is 45.5 Å². The molecule has 0 bridgehead atoms. The predicted octanol–water partition coefficient (Wildman–Crippen LogP) is 0.491. The number of hydrogen-bond acceptors (Lipinski definition) is 7. The first-order valence-corrected chi connectivity index (χ1v) is 8.46. The van der Waals surface area contributed by atoms with Crippen LogP contribution in [0.3, 0.4) is 0 Å². The number of carbonyl (C=O) groups excluding carboxylic acids is 2. The van der Waals surface area contributed by atoms with Gasteiger partial charge >= 0.3 is 0 Å². The minimum Gasteiger partial charge on any atom is -0.496 e. The number of rotatable bonds is 5. The highest BCUT2D eigenvalue weighted by Crippen LogP contribution is 2.34. The van der Waals surface area contributed by atoms with Gasteiger partial charge in [-0.3, -0.25) is 9.59 Å². The van der Waals surface area contributed by atoms with Crippen molar-refractivity contribution in [2.24, 2.45) is 5.73 Å². The molecular weight excluding hydrogens is 350 g/mol. The van der Waals surface area contributed by atoms with Gasteiger partial charge in [0.25, 0.3) is 5.91 Å². The van der Waals surface area contributed by atoms with Crippen molar-refractivity contribution in [3.63, 3.8) is 0 Å². The molecule has 1 fully saturated rings. The van der Waals surface area contributed by atoms with Crippen LogP contribution in [0.15, 0.2) is 12.1 Å². The molecule has 1 saturated heterocycles. The number of aromatic amines is 1. The number of H-pyrrole nitrogens is 1. The summed E-state index contributed by atoms with van der Waals surface area (Å²) in [7, 11) is 1.47. The van der Waals surface area contributed by atoms with Gasteiger partial charge < -0.3 is 31.8 Å².